The molecule has 0 radical (unpaired) electrons. The first-order valence-electron chi connectivity index (χ1n) is 1.47. The second-order valence-electron chi connectivity index (χ2n) is 0.827. The van der Waals surface area contributed by atoms with Gasteiger partial charge in [0.1, 0.15) is 0 Å². The van der Waals surface area contributed by atoms with Crippen LogP contribution in [0.15, 0.2) is 0 Å². The highest BCUT2D eigenvalue weighted by Crippen LogP contribution is 1.71. The van der Waals surface area contributed by atoms with E-state index in [1.165, 1.54) is 6.92 Å². The summed E-state index contributed by atoms with van der Waals surface area (Å²) in [5.74, 6) is 2.02. The minimum absolute atomic E-state index is 0. The van der Waals surface area contributed by atoms with Crippen molar-refractivity contribution >= 4 is 22.5 Å². The van der Waals surface area contributed by atoms with Crippen LogP contribution in [0.2, 0.25) is 0 Å². The molecule has 1 N–H and O–H groups in total. The van der Waals surface area contributed by atoms with Crippen molar-refractivity contribution in [1.82, 2.24) is 0 Å². The summed E-state index contributed by atoms with van der Waals surface area (Å²) >= 11 is 0. The second kappa shape index (κ2) is 3.72. The van der Waals surface area contributed by atoms with Gasteiger partial charge in [0.2, 0.25) is 0 Å². The number of rotatable bonds is 0. The van der Waals surface area contributed by atoms with Gasteiger partial charge in [-0.2, -0.15) is 8.42 Å². The van der Waals surface area contributed by atoms with Crippen molar-refractivity contribution in [3.63, 3.8) is 0 Å². The highest BCUT2D eigenvalue weighted by molar-refractivity contribution is 7.90. The van der Waals surface area contributed by atoms with E-state index in [4.69, 9.17) is 4.55 Å². The molecule has 0 aliphatic carbocycles. The number of hydrogen-bond donors (Lipinski definition) is 1. The van der Waals surface area contributed by atoms with Crippen LogP contribution in [0.3, 0.4) is 0 Å². The van der Waals surface area contributed by atoms with Gasteiger partial charge in [0.05, 0.1) is 5.25 Å². The predicted octanol–water partition coefficient (Wildman–Crippen LogP) is 0.277. The van der Waals surface area contributed by atoms with Crippen LogP contribution in [-0.2, 0) is 10.1 Å². The lowest BCUT2D eigenvalue weighted by atomic mass is 10.9. The Bertz CT molecular complexity index is 194. The van der Waals surface area contributed by atoms with Gasteiger partial charge >= 0.3 is 10.1 Å². The number of halogens is 1. The Balaban J connectivity index is 0. The maximum atomic E-state index is 9.61. The van der Waals surface area contributed by atoms with Gasteiger partial charge < -0.3 is 0 Å². The predicted molar refractivity (Wildman–Crippen MR) is 32.2 cm³/mol. The fourth-order valence-corrected chi connectivity index (χ4v) is 0.387. The molecule has 0 aliphatic heterocycles. The van der Waals surface area contributed by atoms with Gasteiger partial charge in [0.25, 0.3) is 0 Å². The van der Waals surface area contributed by atoms with Gasteiger partial charge in [-0.1, -0.05) is 5.92 Å². The first kappa shape index (κ1) is 10.7. The molecule has 8 heavy (non-hydrogen) atoms. The maximum Gasteiger partial charge on any atom is 0.335 e. The van der Waals surface area contributed by atoms with Crippen molar-refractivity contribution < 1.29 is 13.0 Å². The zero-order chi connectivity index (χ0) is 5.91. The van der Waals surface area contributed by atoms with Gasteiger partial charge in [0, 0.05) is 0 Å². The third kappa shape index (κ3) is 9.23. The second-order valence-corrected chi connectivity index (χ2v) is 1.98. The van der Waals surface area contributed by atoms with E-state index in [1.807, 2.05) is 5.92 Å². The van der Waals surface area contributed by atoms with E-state index in [9.17, 15) is 8.42 Å². The van der Waals surface area contributed by atoms with Crippen LogP contribution in [0, 0.1) is 11.2 Å². The summed E-state index contributed by atoms with van der Waals surface area (Å²) in [5, 5.41) is 1.56. The Kier molecular flexibility index (Phi) is 4.98. The van der Waals surface area contributed by atoms with Crippen molar-refractivity contribution in [2.45, 2.75) is 6.92 Å². The van der Waals surface area contributed by atoms with Crippen LogP contribution in [0.5, 0.6) is 0 Å². The van der Waals surface area contributed by atoms with E-state index in [2.05, 4.69) is 0 Å². The normalized spacial score (nSPS) is 8.25. The molecule has 0 atom stereocenters. The Morgan fingerprint density at radius 1 is 1.50 bits per heavy atom. The van der Waals surface area contributed by atoms with Crippen LogP contribution in [-0.4, -0.2) is 13.0 Å². The first-order chi connectivity index (χ1) is 3.06. The summed E-state index contributed by atoms with van der Waals surface area (Å²) in [6.07, 6.45) is 0. The molecule has 0 unspecified atom stereocenters. The van der Waals surface area contributed by atoms with Gasteiger partial charge in [-0.3, -0.25) is 4.55 Å². The van der Waals surface area contributed by atoms with Gasteiger partial charge in [-0.05, 0) is 6.92 Å². The largest absolute Gasteiger partial charge is 0.335 e. The lowest BCUT2D eigenvalue weighted by Crippen LogP contribution is -1.88. The summed E-state index contributed by atoms with van der Waals surface area (Å²) in [5.41, 5.74) is 0. The molecule has 0 rings (SSSR count). The fraction of sp³-hybridized carbons (Fsp3) is 0.333. The molecular formula is C3H5ClO3S. The highest BCUT2D eigenvalue weighted by Gasteiger charge is 1.90. The van der Waals surface area contributed by atoms with Crippen LogP contribution < -0.4 is 0 Å². The Hall–Kier alpha value is -0.240. The van der Waals surface area contributed by atoms with Crippen molar-refractivity contribution in [1.29, 1.82) is 0 Å². The minimum Gasteiger partial charge on any atom is -0.276 e. The molecule has 0 bridgehead atoms. The average Bonchev–Trinajstić information content (AvgIpc) is 1.30. The van der Waals surface area contributed by atoms with Crippen LogP contribution in [0.25, 0.3) is 0 Å². The third-order valence-electron chi connectivity index (χ3n) is 0.231. The van der Waals surface area contributed by atoms with Crippen molar-refractivity contribution in [3.8, 4) is 11.2 Å². The zero-order valence-corrected chi connectivity index (χ0v) is 5.71. The number of hydrogen-bond acceptors (Lipinski definition) is 2. The third-order valence-corrected chi connectivity index (χ3v) is 0.693. The van der Waals surface area contributed by atoms with E-state index in [1.54, 1.807) is 5.25 Å². The molecule has 0 aromatic rings. The molecule has 0 amide bonds. The topological polar surface area (TPSA) is 54.4 Å². The van der Waals surface area contributed by atoms with E-state index >= 15 is 0 Å². The van der Waals surface area contributed by atoms with Crippen LogP contribution >= 0.6 is 12.4 Å². The van der Waals surface area contributed by atoms with Crippen molar-refractivity contribution in [2.24, 2.45) is 0 Å². The highest BCUT2D eigenvalue weighted by atomic mass is 35.5. The molecule has 0 aromatic carbocycles. The Labute approximate surface area is 54.3 Å². The van der Waals surface area contributed by atoms with Crippen LogP contribution in [0.1, 0.15) is 6.92 Å². The fourth-order valence-electron chi connectivity index (χ4n) is 0.129. The Morgan fingerprint density at radius 2 is 1.88 bits per heavy atom. The zero-order valence-electron chi connectivity index (χ0n) is 4.08. The average molecular weight is 157 g/mol. The van der Waals surface area contributed by atoms with E-state index in [-0.39, 0.29) is 12.4 Å². The monoisotopic (exact) mass is 156 g/mol. The van der Waals surface area contributed by atoms with Gasteiger partial charge in [0.15, 0.2) is 0 Å². The maximum absolute atomic E-state index is 9.61. The van der Waals surface area contributed by atoms with E-state index < -0.39 is 10.1 Å². The summed E-state index contributed by atoms with van der Waals surface area (Å²) in [6, 6.07) is 0. The molecule has 5 heteroatoms. The molecule has 0 aromatic heterocycles. The summed E-state index contributed by atoms with van der Waals surface area (Å²) in [7, 11) is -4.04. The lowest BCUT2D eigenvalue weighted by Gasteiger charge is -1.71. The Morgan fingerprint density at radius 3 is 1.88 bits per heavy atom. The van der Waals surface area contributed by atoms with Crippen molar-refractivity contribution in [3.05, 3.63) is 0 Å². The standard InChI is InChI=1S/C3H4O3S.ClH/c1-2-3-7(4,5)6;/h1H3,(H,4,5,6);1H. The molecular weight excluding hydrogens is 152 g/mol. The van der Waals surface area contributed by atoms with Gasteiger partial charge in [-0.15, -0.1) is 12.4 Å². The summed E-state index contributed by atoms with van der Waals surface area (Å²) in [4.78, 5) is 0. The van der Waals surface area contributed by atoms with E-state index in [0.717, 1.165) is 0 Å². The molecule has 48 valence electrons. The SMILES string of the molecule is CC#CS(=O)(=O)O.Cl. The molecule has 0 saturated carbocycles. The first-order valence-corrected chi connectivity index (χ1v) is 2.91. The molecule has 3 nitrogen and oxygen atoms in total. The molecule has 0 fully saturated rings. The minimum atomic E-state index is -4.04. The smallest absolute Gasteiger partial charge is 0.276 e. The van der Waals surface area contributed by atoms with E-state index in [0.29, 0.717) is 0 Å². The summed E-state index contributed by atoms with van der Waals surface area (Å²) < 4.78 is 27.0. The molecule has 0 saturated heterocycles. The lowest BCUT2D eigenvalue weighted by molar-refractivity contribution is 0.496. The van der Waals surface area contributed by atoms with Gasteiger partial charge in [-0.25, -0.2) is 0 Å². The van der Waals surface area contributed by atoms with Crippen molar-refractivity contribution in [2.75, 3.05) is 0 Å². The molecule has 0 spiro atoms. The molecule has 0 aliphatic rings. The summed E-state index contributed by atoms with van der Waals surface area (Å²) in [6.45, 7) is 1.33. The van der Waals surface area contributed by atoms with Crippen LogP contribution in [0.4, 0.5) is 0 Å². The quantitative estimate of drug-likeness (QED) is 0.405. The molecule has 0 heterocycles.